The molecule has 20 heavy (non-hydrogen) atoms. The molecule has 2 N–H and O–H groups in total. The zero-order chi connectivity index (χ0) is 14.9. The second-order valence-corrected chi connectivity index (χ2v) is 5.76. The average molecular weight is 280 g/mol. The van der Waals surface area contributed by atoms with Gasteiger partial charge in [-0.1, -0.05) is 0 Å². The topological polar surface area (TPSA) is 82.6 Å². The minimum atomic E-state index is -0.543. The first-order valence-electron chi connectivity index (χ1n) is 6.60. The number of aryl methyl sites for hydroxylation is 1. The van der Waals surface area contributed by atoms with Gasteiger partial charge in [0, 0.05) is 31.0 Å². The van der Waals surface area contributed by atoms with Crippen LogP contribution in [0.2, 0.25) is 0 Å². The molecule has 1 unspecified atom stereocenters. The molecule has 6 heteroatoms. The first-order chi connectivity index (χ1) is 9.32. The van der Waals surface area contributed by atoms with Crippen molar-refractivity contribution in [3.8, 4) is 0 Å². The van der Waals surface area contributed by atoms with Gasteiger partial charge in [-0.3, -0.25) is 9.59 Å². The van der Waals surface area contributed by atoms with Crippen molar-refractivity contribution >= 4 is 5.91 Å². The number of carbonyl (C=O) groups is 1. The summed E-state index contributed by atoms with van der Waals surface area (Å²) < 4.78 is 5.66. The second kappa shape index (κ2) is 5.38. The SMILES string of the molecule is Cc1cc(=O)c(C(=O)N2CC(CO)OC(C)(C)C2)c[nH]1. The lowest BCUT2D eigenvalue weighted by Crippen LogP contribution is -2.56. The largest absolute Gasteiger partial charge is 0.394 e. The summed E-state index contributed by atoms with van der Waals surface area (Å²) in [4.78, 5) is 28.8. The lowest BCUT2D eigenvalue weighted by atomic mass is 10.0. The fourth-order valence-corrected chi connectivity index (χ4v) is 2.46. The summed E-state index contributed by atoms with van der Waals surface area (Å²) in [6.45, 7) is 5.98. The smallest absolute Gasteiger partial charge is 0.259 e. The number of aromatic nitrogens is 1. The Morgan fingerprint density at radius 1 is 1.60 bits per heavy atom. The molecule has 0 spiro atoms. The molecule has 0 saturated carbocycles. The number of hydrogen-bond donors (Lipinski definition) is 2. The van der Waals surface area contributed by atoms with Crippen molar-refractivity contribution in [1.82, 2.24) is 9.88 Å². The molecule has 0 aromatic carbocycles. The summed E-state index contributed by atoms with van der Waals surface area (Å²) in [5.74, 6) is -0.332. The van der Waals surface area contributed by atoms with E-state index >= 15 is 0 Å². The molecule has 1 fully saturated rings. The molecule has 1 amide bonds. The van der Waals surface area contributed by atoms with Crippen LogP contribution in [0, 0.1) is 6.92 Å². The Morgan fingerprint density at radius 3 is 2.90 bits per heavy atom. The molecule has 1 aliphatic rings. The number of nitrogens with zero attached hydrogens (tertiary/aromatic N) is 1. The maximum atomic E-state index is 12.4. The predicted molar refractivity (Wildman–Crippen MR) is 73.7 cm³/mol. The van der Waals surface area contributed by atoms with E-state index in [1.807, 2.05) is 13.8 Å². The second-order valence-electron chi connectivity index (χ2n) is 5.76. The van der Waals surface area contributed by atoms with Crippen molar-refractivity contribution in [3.05, 3.63) is 33.7 Å². The summed E-state index contributed by atoms with van der Waals surface area (Å²) in [5, 5.41) is 9.25. The van der Waals surface area contributed by atoms with Gasteiger partial charge >= 0.3 is 0 Å². The molecule has 2 rings (SSSR count). The number of aliphatic hydroxyl groups is 1. The van der Waals surface area contributed by atoms with E-state index in [9.17, 15) is 14.7 Å². The van der Waals surface area contributed by atoms with E-state index in [4.69, 9.17) is 4.74 Å². The van der Waals surface area contributed by atoms with Gasteiger partial charge in [-0.2, -0.15) is 0 Å². The van der Waals surface area contributed by atoms with Crippen molar-refractivity contribution < 1.29 is 14.6 Å². The third-order valence-corrected chi connectivity index (χ3v) is 3.26. The predicted octanol–water partition coefficient (Wildman–Crippen LogP) is 0.295. The number of rotatable bonds is 2. The first kappa shape index (κ1) is 14.7. The molecule has 0 radical (unpaired) electrons. The summed E-state index contributed by atoms with van der Waals surface area (Å²) in [5.41, 5.74) is -0.0122. The number of amides is 1. The molecule has 1 saturated heterocycles. The number of nitrogens with one attached hydrogen (secondary N) is 1. The maximum Gasteiger partial charge on any atom is 0.259 e. The Labute approximate surface area is 117 Å². The van der Waals surface area contributed by atoms with Crippen LogP contribution in [0.1, 0.15) is 29.9 Å². The highest BCUT2D eigenvalue weighted by molar-refractivity contribution is 5.94. The molecule has 0 aliphatic carbocycles. The molecule has 2 heterocycles. The fraction of sp³-hybridized carbons (Fsp3) is 0.571. The van der Waals surface area contributed by atoms with Gasteiger partial charge in [0.15, 0.2) is 5.43 Å². The van der Waals surface area contributed by atoms with Crippen molar-refractivity contribution in [3.63, 3.8) is 0 Å². The van der Waals surface area contributed by atoms with Crippen LogP contribution in [0.5, 0.6) is 0 Å². The number of pyridine rings is 1. The van der Waals surface area contributed by atoms with Crippen LogP contribution in [-0.2, 0) is 4.74 Å². The van der Waals surface area contributed by atoms with Crippen molar-refractivity contribution in [2.75, 3.05) is 19.7 Å². The highest BCUT2D eigenvalue weighted by atomic mass is 16.5. The molecule has 1 atom stereocenters. The summed E-state index contributed by atoms with van der Waals surface area (Å²) >= 11 is 0. The van der Waals surface area contributed by atoms with E-state index in [2.05, 4.69) is 4.98 Å². The zero-order valence-corrected chi connectivity index (χ0v) is 12.0. The maximum absolute atomic E-state index is 12.4. The number of hydrogen-bond acceptors (Lipinski definition) is 4. The van der Waals surface area contributed by atoms with E-state index in [0.717, 1.165) is 0 Å². The van der Waals surface area contributed by atoms with Crippen LogP contribution < -0.4 is 5.43 Å². The Morgan fingerprint density at radius 2 is 2.30 bits per heavy atom. The van der Waals surface area contributed by atoms with Gasteiger partial charge in [0.1, 0.15) is 5.56 Å². The zero-order valence-electron chi connectivity index (χ0n) is 12.0. The standard InChI is InChI=1S/C14H20N2O4/c1-9-4-12(18)11(5-15-9)13(19)16-6-10(7-17)20-14(2,3)8-16/h4-5,10,17H,6-8H2,1-3H3,(H,15,18). The molecule has 1 aromatic rings. The van der Waals surface area contributed by atoms with E-state index in [-0.39, 0.29) is 30.1 Å². The van der Waals surface area contributed by atoms with Gasteiger partial charge in [-0.25, -0.2) is 0 Å². The third-order valence-electron chi connectivity index (χ3n) is 3.26. The first-order valence-corrected chi connectivity index (χ1v) is 6.60. The quantitative estimate of drug-likeness (QED) is 0.816. The third kappa shape index (κ3) is 3.08. The van der Waals surface area contributed by atoms with Crippen LogP contribution in [0.25, 0.3) is 0 Å². The molecular weight excluding hydrogens is 260 g/mol. The molecular formula is C14H20N2O4. The number of morpholine rings is 1. The lowest BCUT2D eigenvalue weighted by Gasteiger charge is -2.42. The highest BCUT2D eigenvalue weighted by Crippen LogP contribution is 2.21. The van der Waals surface area contributed by atoms with E-state index < -0.39 is 11.7 Å². The Balaban J connectivity index is 2.26. The minimum absolute atomic E-state index is 0.116. The van der Waals surface area contributed by atoms with Crippen molar-refractivity contribution in [1.29, 1.82) is 0 Å². The number of H-pyrrole nitrogens is 1. The van der Waals surface area contributed by atoms with Gasteiger partial charge in [-0.15, -0.1) is 0 Å². The van der Waals surface area contributed by atoms with Crippen LogP contribution in [0.3, 0.4) is 0 Å². The summed E-state index contributed by atoms with van der Waals surface area (Å²) in [7, 11) is 0. The normalized spacial score (nSPS) is 21.8. The lowest BCUT2D eigenvalue weighted by molar-refractivity contribution is -0.139. The van der Waals surface area contributed by atoms with Crippen molar-refractivity contribution in [2.45, 2.75) is 32.5 Å². The van der Waals surface area contributed by atoms with Crippen LogP contribution in [0.4, 0.5) is 0 Å². The van der Waals surface area contributed by atoms with Crippen LogP contribution in [0.15, 0.2) is 17.1 Å². The van der Waals surface area contributed by atoms with E-state index in [0.29, 0.717) is 12.2 Å². The number of aromatic amines is 1. The molecule has 110 valence electrons. The van der Waals surface area contributed by atoms with Crippen molar-refractivity contribution in [2.24, 2.45) is 0 Å². The number of aliphatic hydroxyl groups excluding tert-OH is 1. The Bertz CT molecular complexity index is 565. The van der Waals surface area contributed by atoms with Gasteiger partial charge < -0.3 is 19.7 Å². The number of ether oxygens (including phenoxy) is 1. The Hall–Kier alpha value is -1.66. The molecule has 1 aliphatic heterocycles. The van der Waals surface area contributed by atoms with Crippen LogP contribution >= 0.6 is 0 Å². The Kier molecular flexibility index (Phi) is 3.96. The van der Waals surface area contributed by atoms with Gasteiger partial charge in [0.25, 0.3) is 5.91 Å². The minimum Gasteiger partial charge on any atom is -0.394 e. The van der Waals surface area contributed by atoms with Crippen LogP contribution in [-0.4, -0.2) is 52.3 Å². The monoisotopic (exact) mass is 280 g/mol. The summed E-state index contributed by atoms with van der Waals surface area (Å²) in [6.07, 6.45) is 1.02. The van der Waals surface area contributed by atoms with Gasteiger partial charge in [-0.05, 0) is 20.8 Å². The van der Waals surface area contributed by atoms with Gasteiger partial charge in [0.05, 0.1) is 18.3 Å². The summed E-state index contributed by atoms with van der Waals surface area (Å²) in [6, 6.07) is 1.41. The number of carbonyl (C=O) groups excluding carboxylic acids is 1. The molecule has 6 nitrogen and oxygen atoms in total. The molecule has 1 aromatic heterocycles. The van der Waals surface area contributed by atoms with E-state index in [1.165, 1.54) is 12.3 Å². The average Bonchev–Trinajstić information content (AvgIpc) is 2.36. The van der Waals surface area contributed by atoms with Gasteiger partial charge in [0.2, 0.25) is 0 Å². The molecule has 0 bridgehead atoms. The fourth-order valence-electron chi connectivity index (χ4n) is 2.46. The highest BCUT2D eigenvalue weighted by Gasteiger charge is 2.36. The van der Waals surface area contributed by atoms with E-state index in [1.54, 1.807) is 11.8 Å².